The van der Waals surface area contributed by atoms with Crippen LogP contribution in [0, 0.1) is 0 Å². The summed E-state index contributed by atoms with van der Waals surface area (Å²) >= 11 is 0. The zero-order valence-electron chi connectivity index (χ0n) is 9.32. The fourth-order valence-corrected chi connectivity index (χ4v) is 1.09. The topological polar surface area (TPSA) is 64.8 Å². The number of carbonyl (C=O) groups is 1. The van der Waals surface area contributed by atoms with Gasteiger partial charge in [-0.3, -0.25) is 9.69 Å². The van der Waals surface area contributed by atoms with Crippen LogP contribution in [-0.2, 0) is 14.3 Å². The van der Waals surface area contributed by atoms with Gasteiger partial charge in [-0.25, -0.2) is 0 Å². The highest BCUT2D eigenvalue weighted by Crippen LogP contribution is 2.02. The fraction of sp³-hybridized carbons (Fsp3) is 0.889. The number of hydrogen-bond donors (Lipinski definition) is 1. The molecule has 0 heterocycles. The Bertz CT molecular complexity index is 169. The number of primary amides is 1. The van der Waals surface area contributed by atoms with E-state index in [4.69, 9.17) is 15.2 Å². The zero-order valence-corrected chi connectivity index (χ0v) is 9.32. The molecule has 0 saturated carbocycles. The second kappa shape index (κ2) is 6.75. The lowest BCUT2D eigenvalue weighted by Crippen LogP contribution is -2.43. The van der Waals surface area contributed by atoms with Crippen molar-refractivity contribution in [3.63, 3.8) is 0 Å². The number of nitrogens with zero attached hydrogens (tertiary/aromatic N) is 1. The van der Waals surface area contributed by atoms with E-state index >= 15 is 0 Å². The van der Waals surface area contributed by atoms with Crippen molar-refractivity contribution in [2.24, 2.45) is 5.73 Å². The van der Waals surface area contributed by atoms with E-state index in [1.807, 2.05) is 18.7 Å². The van der Waals surface area contributed by atoms with E-state index in [1.54, 1.807) is 14.2 Å². The van der Waals surface area contributed by atoms with Crippen molar-refractivity contribution in [1.82, 2.24) is 4.90 Å². The number of hydrogen-bond acceptors (Lipinski definition) is 4. The number of carbonyl (C=O) groups excluding carboxylic acids is 1. The normalized spacial score (nSPS) is 11.6. The lowest BCUT2D eigenvalue weighted by Gasteiger charge is -2.28. The van der Waals surface area contributed by atoms with Crippen LogP contribution in [0.1, 0.15) is 13.8 Å². The van der Waals surface area contributed by atoms with Gasteiger partial charge in [-0.1, -0.05) is 0 Å². The van der Waals surface area contributed by atoms with E-state index < -0.39 is 0 Å². The highest BCUT2D eigenvalue weighted by Gasteiger charge is 2.17. The van der Waals surface area contributed by atoms with Crippen LogP contribution in [0.3, 0.4) is 0 Å². The van der Waals surface area contributed by atoms with Crippen molar-refractivity contribution < 1.29 is 14.3 Å². The number of nitrogens with two attached hydrogens (primary N) is 1. The van der Waals surface area contributed by atoms with Crippen LogP contribution < -0.4 is 5.73 Å². The van der Waals surface area contributed by atoms with Gasteiger partial charge in [-0.2, -0.15) is 0 Å². The highest BCUT2D eigenvalue weighted by molar-refractivity contribution is 5.75. The average Bonchev–Trinajstić information content (AvgIpc) is 2.11. The summed E-state index contributed by atoms with van der Waals surface area (Å²) in [7, 11) is 3.13. The molecule has 84 valence electrons. The van der Waals surface area contributed by atoms with Gasteiger partial charge in [0.15, 0.2) is 6.29 Å². The molecule has 0 fully saturated rings. The minimum Gasteiger partial charge on any atom is -0.369 e. The summed E-state index contributed by atoms with van der Waals surface area (Å²) in [4.78, 5) is 12.7. The van der Waals surface area contributed by atoms with Crippen molar-refractivity contribution in [3.8, 4) is 0 Å². The van der Waals surface area contributed by atoms with Crippen molar-refractivity contribution >= 4 is 5.91 Å². The Hall–Kier alpha value is -0.650. The molecule has 2 N–H and O–H groups in total. The van der Waals surface area contributed by atoms with Gasteiger partial charge in [0.05, 0.1) is 13.1 Å². The molecule has 0 aromatic rings. The third kappa shape index (κ3) is 5.16. The van der Waals surface area contributed by atoms with Gasteiger partial charge in [-0.05, 0) is 13.8 Å². The largest absolute Gasteiger partial charge is 0.369 e. The molecule has 0 unspecified atom stereocenters. The summed E-state index contributed by atoms with van der Waals surface area (Å²) < 4.78 is 10.1. The van der Waals surface area contributed by atoms with Crippen LogP contribution in [-0.4, -0.2) is 50.4 Å². The molecule has 0 rings (SSSR count). The van der Waals surface area contributed by atoms with Gasteiger partial charge in [0.25, 0.3) is 0 Å². The summed E-state index contributed by atoms with van der Waals surface area (Å²) in [5.74, 6) is -0.343. The van der Waals surface area contributed by atoms with E-state index in [1.165, 1.54) is 0 Å². The molecule has 0 aliphatic heterocycles. The molecular formula is C9H20N2O3. The van der Waals surface area contributed by atoms with E-state index in [2.05, 4.69) is 0 Å². The van der Waals surface area contributed by atoms with Crippen LogP contribution in [0.25, 0.3) is 0 Å². The first-order valence-corrected chi connectivity index (χ1v) is 4.59. The maximum absolute atomic E-state index is 10.8. The minimum absolute atomic E-state index is 0.223. The molecule has 0 aliphatic rings. The zero-order chi connectivity index (χ0) is 11.1. The third-order valence-electron chi connectivity index (χ3n) is 2.00. The SMILES string of the molecule is COC(CN(CC(N)=O)C(C)C)OC. The summed E-state index contributed by atoms with van der Waals surface area (Å²) in [6, 6.07) is 0.232. The van der Waals surface area contributed by atoms with Gasteiger partial charge < -0.3 is 15.2 Å². The van der Waals surface area contributed by atoms with E-state index in [9.17, 15) is 4.79 Å². The van der Waals surface area contributed by atoms with Crippen LogP contribution in [0.15, 0.2) is 0 Å². The molecule has 5 nitrogen and oxygen atoms in total. The first-order chi connectivity index (χ1) is 6.51. The lowest BCUT2D eigenvalue weighted by atomic mass is 10.3. The van der Waals surface area contributed by atoms with Gasteiger partial charge in [0.1, 0.15) is 0 Å². The van der Waals surface area contributed by atoms with E-state index in [-0.39, 0.29) is 24.8 Å². The first kappa shape index (κ1) is 13.4. The molecular weight excluding hydrogens is 184 g/mol. The maximum Gasteiger partial charge on any atom is 0.231 e. The van der Waals surface area contributed by atoms with Crippen molar-refractivity contribution in [2.45, 2.75) is 26.2 Å². The predicted octanol–water partition coefficient (Wildman–Crippen LogP) is -0.199. The van der Waals surface area contributed by atoms with Gasteiger partial charge >= 0.3 is 0 Å². The molecule has 0 bridgehead atoms. The van der Waals surface area contributed by atoms with Crippen molar-refractivity contribution in [3.05, 3.63) is 0 Å². The highest BCUT2D eigenvalue weighted by atomic mass is 16.7. The van der Waals surface area contributed by atoms with E-state index in [0.29, 0.717) is 6.54 Å². The third-order valence-corrected chi connectivity index (χ3v) is 2.00. The Kier molecular flexibility index (Phi) is 6.44. The predicted molar refractivity (Wildman–Crippen MR) is 53.7 cm³/mol. The molecule has 0 spiro atoms. The van der Waals surface area contributed by atoms with Crippen molar-refractivity contribution in [1.29, 1.82) is 0 Å². The number of methoxy groups -OCH3 is 2. The van der Waals surface area contributed by atoms with Gasteiger partial charge in [0, 0.05) is 20.3 Å². The second-order valence-electron chi connectivity index (χ2n) is 3.39. The second-order valence-corrected chi connectivity index (χ2v) is 3.39. The Morgan fingerprint density at radius 2 is 1.86 bits per heavy atom. The Morgan fingerprint density at radius 3 is 2.14 bits per heavy atom. The van der Waals surface area contributed by atoms with Gasteiger partial charge in [0.2, 0.25) is 5.91 Å². The summed E-state index contributed by atoms with van der Waals surface area (Å²) in [5.41, 5.74) is 5.13. The van der Waals surface area contributed by atoms with Gasteiger partial charge in [-0.15, -0.1) is 0 Å². The lowest BCUT2D eigenvalue weighted by molar-refractivity contribution is -0.129. The molecule has 0 radical (unpaired) electrons. The van der Waals surface area contributed by atoms with Crippen LogP contribution in [0.4, 0.5) is 0 Å². The molecule has 0 atom stereocenters. The van der Waals surface area contributed by atoms with E-state index in [0.717, 1.165) is 0 Å². The standard InChI is InChI=1S/C9H20N2O3/c1-7(2)11(5-8(10)12)6-9(13-3)14-4/h7,9H,5-6H2,1-4H3,(H2,10,12). The quantitative estimate of drug-likeness (QED) is 0.583. The minimum atomic E-state index is -0.343. The molecule has 14 heavy (non-hydrogen) atoms. The molecule has 0 aromatic heterocycles. The Morgan fingerprint density at radius 1 is 1.36 bits per heavy atom. The Labute approximate surface area is 85.1 Å². The smallest absolute Gasteiger partial charge is 0.231 e. The molecule has 0 aliphatic carbocycles. The molecule has 5 heteroatoms. The monoisotopic (exact) mass is 204 g/mol. The summed E-state index contributed by atoms with van der Waals surface area (Å²) in [6.07, 6.45) is -0.322. The fourth-order valence-electron chi connectivity index (χ4n) is 1.09. The summed E-state index contributed by atoms with van der Waals surface area (Å²) in [5, 5.41) is 0. The maximum atomic E-state index is 10.8. The molecule has 0 saturated heterocycles. The van der Waals surface area contributed by atoms with Crippen LogP contribution in [0.2, 0.25) is 0 Å². The molecule has 0 aromatic carbocycles. The number of rotatable bonds is 7. The number of ether oxygens (including phenoxy) is 2. The number of amides is 1. The average molecular weight is 204 g/mol. The van der Waals surface area contributed by atoms with Crippen molar-refractivity contribution in [2.75, 3.05) is 27.3 Å². The first-order valence-electron chi connectivity index (χ1n) is 4.59. The van der Waals surface area contributed by atoms with Crippen LogP contribution >= 0.6 is 0 Å². The summed E-state index contributed by atoms with van der Waals surface area (Å²) in [6.45, 7) is 4.74. The molecule has 1 amide bonds. The Balaban J connectivity index is 4.13. The van der Waals surface area contributed by atoms with Crippen LogP contribution in [0.5, 0.6) is 0 Å².